The summed E-state index contributed by atoms with van der Waals surface area (Å²) >= 11 is 3.54. The Bertz CT molecular complexity index is 428. The zero-order valence-electron chi connectivity index (χ0n) is 11.4. The zero-order valence-corrected chi connectivity index (χ0v) is 13.0. The SMILES string of the molecule is CNC(C)c1ccc(Br)cc1N1CCOC(CO)C1. The maximum Gasteiger partial charge on any atom is 0.0980 e. The van der Waals surface area contributed by atoms with Gasteiger partial charge in [-0.15, -0.1) is 0 Å². The first kappa shape index (κ1) is 14.8. The molecule has 5 heteroatoms. The van der Waals surface area contributed by atoms with Crippen molar-refractivity contribution in [1.82, 2.24) is 5.32 Å². The summed E-state index contributed by atoms with van der Waals surface area (Å²) in [6, 6.07) is 6.64. The summed E-state index contributed by atoms with van der Waals surface area (Å²) in [5.41, 5.74) is 2.47. The summed E-state index contributed by atoms with van der Waals surface area (Å²) in [4.78, 5) is 2.29. The van der Waals surface area contributed by atoms with E-state index in [1.165, 1.54) is 11.3 Å². The summed E-state index contributed by atoms with van der Waals surface area (Å²) in [5, 5.41) is 12.5. The van der Waals surface area contributed by atoms with E-state index >= 15 is 0 Å². The van der Waals surface area contributed by atoms with Gasteiger partial charge in [0, 0.05) is 29.3 Å². The highest BCUT2D eigenvalue weighted by Crippen LogP contribution is 2.30. The molecule has 0 aliphatic carbocycles. The molecule has 0 saturated carbocycles. The van der Waals surface area contributed by atoms with Crippen LogP contribution in [0.1, 0.15) is 18.5 Å². The van der Waals surface area contributed by atoms with Crippen LogP contribution in [0.25, 0.3) is 0 Å². The van der Waals surface area contributed by atoms with Crippen molar-refractivity contribution in [3.05, 3.63) is 28.2 Å². The molecule has 0 bridgehead atoms. The van der Waals surface area contributed by atoms with E-state index in [2.05, 4.69) is 51.3 Å². The molecule has 1 aromatic carbocycles. The fourth-order valence-electron chi connectivity index (χ4n) is 2.36. The van der Waals surface area contributed by atoms with Gasteiger partial charge in [-0.05, 0) is 31.7 Å². The number of nitrogens with zero attached hydrogens (tertiary/aromatic N) is 1. The highest BCUT2D eigenvalue weighted by atomic mass is 79.9. The smallest absolute Gasteiger partial charge is 0.0980 e. The summed E-state index contributed by atoms with van der Waals surface area (Å²) in [6.07, 6.45) is -0.0922. The Labute approximate surface area is 122 Å². The average Bonchev–Trinajstić information content (AvgIpc) is 2.46. The molecule has 0 amide bonds. The molecule has 2 N–H and O–H groups in total. The number of hydrogen-bond acceptors (Lipinski definition) is 4. The number of anilines is 1. The van der Waals surface area contributed by atoms with E-state index < -0.39 is 0 Å². The van der Waals surface area contributed by atoms with Gasteiger partial charge in [0.2, 0.25) is 0 Å². The van der Waals surface area contributed by atoms with Gasteiger partial charge in [-0.3, -0.25) is 0 Å². The minimum atomic E-state index is -0.0922. The standard InChI is InChI=1S/C14H21BrN2O2/c1-10(16-2)13-4-3-11(15)7-14(13)17-5-6-19-12(8-17)9-18/h3-4,7,10,12,16,18H,5-6,8-9H2,1-2H3. The Hall–Kier alpha value is -0.620. The van der Waals surface area contributed by atoms with Gasteiger partial charge in [0.1, 0.15) is 0 Å². The summed E-state index contributed by atoms with van der Waals surface area (Å²) in [7, 11) is 1.96. The van der Waals surface area contributed by atoms with Crippen molar-refractivity contribution in [1.29, 1.82) is 0 Å². The van der Waals surface area contributed by atoms with Crippen molar-refractivity contribution < 1.29 is 9.84 Å². The minimum absolute atomic E-state index is 0.0709. The third kappa shape index (κ3) is 3.48. The predicted octanol–water partition coefficient (Wildman–Crippen LogP) is 1.93. The molecule has 1 heterocycles. The number of hydrogen-bond donors (Lipinski definition) is 2. The molecule has 0 radical (unpaired) electrons. The van der Waals surface area contributed by atoms with E-state index in [9.17, 15) is 5.11 Å². The molecular formula is C14H21BrN2O2. The first-order valence-corrected chi connectivity index (χ1v) is 7.39. The van der Waals surface area contributed by atoms with E-state index in [0.717, 1.165) is 17.6 Å². The molecule has 0 aromatic heterocycles. The van der Waals surface area contributed by atoms with Gasteiger partial charge in [-0.2, -0.15) is 0 Å². The molecular weight excluding hydrogens is 308 g/mol. The molecule has 106 valence electrons. The van der Waals surface area contributed by atoms with Crippen molar-refractivity contribution in [2.45, 2.75) is 19.1 Å². The van der Waals surface area contributed by atoms with Gasteiger partial charge in [0.25, 0.3) is 0 Å². The molecule has 1 aromatic rings. The van der Waals surface area contributed by atoms with Crippen molar-refractivity contribution in [3.63, 3.8) is 0 Å². The second kappa shape index (κ2) is 6.70. The number of aliphatic hydroxyl groups excluding tert-OH is 1. The van der Waals surface area contributed by atoms with Crippen molar-refractivity contribution >= 4 is 21.6 Å². The van der Waals surface area contributed by atoms with Gasteiger partial charge in [-0.25, -0.2) is 0 Å². The first-order chi connectivity index (χ1) is 9.15. The molecule has 1 fully saturated rings. The van der Waals surface area contributed by atoms with Crippen LogP contribution >= 0.6 is 15.9 Å². The van der Waals surface area contributed by atoms with Gasteiger partial charge in [-0.1, -0.05) is 22.0 Å². The lowest BCUT2D eigenvalue weighted by molar-refractivity contribution is 0.00351. The van der Waals surface area contributed by atoms with Gasteiger partial charge in [0.05, 0.1) is 19.3 Å². The quantitative estimate of drug-likeness (QED) is 0.886. The molecule has 2 unspecified atom stereocenters. The lowest BCUT2D eigenvalue weighted by Crippen LogP contribution is -2.44. The van der Waals surface area contributed by atoms with Crippen LogP contribution in [0.5, 0.6) is 0 Å². The van der Waals surface area contributed by atoms with Crippen molar-refractivity contribution in [2.75, 3.05) is 38.3 Å². The Morgan fingerprint density at radius 3 is 3.05 bits per heavy atom. The largest absolute Gasteiger partial charge is 0.394 e. The van der Waals surface area contributed by atoms with Crippen molar-refractivity contribution in [2.24, 2.45) is 0 Å². The van der Waals surface area contributed by atoms with Crippen LogP contribution in [0, 0.1) is 0 Å². The van der Waals surface area contributed by atoms with Crippen molar-refractivity contribution in [3.8, 4) is 0 Å². The molecule has 1 aliphatic heterocycles. The fourth-order valence-corrected chi connectivity index (χ4v) is 2.71. The second-order valence-electron chi connectivity index (χ2n) is 4.83. The Morgan fingerprint density at radius 2 is 2.37 bits per heavy atom. The molecule has 2 rings (SSSR count). The van der Waals surface area contributed by atoms with Gasteiger partial charge in [0.15, 0.2) is 0 Å². The third-order valence-electron chi connectivity index (χ3n) is 3.58. The molecule has 1 saturated heterocycles. The predicted molar refractivity (Wildman–Crippen MR) is 80.7 cm³/mol. The highest BCUT2D eigenvalue weighted by Gasteiger charge is 2.23. The van der Waals surface area contributed by atoms with Crippen LogP contribution in [-0.2, 0) is 4.74 Å². The third-order valence-corrected chi connectivity index (χ3v) is 4.07. The average molecular weight is 329 g/mol. The Balaban J connectivity index is 2.28. The normalized spacial score (nSPS) is 21.5. The molecule has 19 heavy (non-hydrogen) atoms. The van der Waals surface area contributed by atoms with Crippen LogP contribution in [0.4, 0.5) is 5.69 Å². The highest BCUT2D eigenvalue weighted by molar-refractivity contribution is 9.10. The Kier molecular flexibility index (Phi) is 5.21. The molecule has 0 spiro atoms. The second-order valence-corrected chi connectivity index (χ2v) is 5.75. The number of halogens is 1. The molecule has 2 atom stereocenters. The number of rotatable bonds is 4. The Morgan fingerprint density at radius 1 is 1.58 bits per heavy atom. The molecule has 4 nitrogen and oxygen atoms in total. The number of morpholine rings is 1. The van der Waals surface area contributed by atoms with Crippen LogP contribution in [-0.4, -0.2) is 44.6 Å². The zero-order chi connectivity index (χ0) is 13.8. The number of ether oxygens (including phenoxy) is 1. The van der Waals surface area contributed by atoms with Crippen LogP contribution in [0.3, 0.4) is 0 Å². The van der Waals surface area contributed by atoms with E-state index in [1.807, 2.05) is 7.05 Å². The van der Waals surface area contributed by atoms with E-state index in [0.29, 0.717) is 12.6 Å². The topological polar surface area (TPSA) is 44.7 Å². The van der Waals surface area contributed by atoms with Gasteiger partial charge < -0.3 is 20.1 Å². The number of nitrogens with one attached hydrogen (secondary N) is 1. The molecule has 1 aliphatic rings. The van der Waals surface area contributed by atoms with Crippen LogP contribution < -0.4 is 10.2 Å². The van der Waals surface area contributed by atoms with E-state index in [-0.39, 0.29) is 12.7 Å². The van der Waals surface area contributed by atoms with E-state index in [1.54, 1.807) is 0 Å². The van der Waals surface area contributed by atoms with E-state index in [4.69, 9.17) is 4.74 Å². The number of benzene rings is 1. The summed E-state index contributed by atoms with van der Waals surface area (Å²) in [6.45, 7) is 4.47. The summed E-state index contributed by atoms with van der Waals surface area (Å²) in [5.74, 6) is 0. The van der Waals surface area contributed by atoms with Gasteiger partial charge >= 0.3 is 0 Å². The number of aliphatic hydroxyl groups is 1. The minimum Gasteiger partial charge on any atom is -0.394 e. The first-order valence-electron chi connectivity index (χ1n) is 6.59. The van der Waals surface area contributed by atoms with Crippen LogP contribution in [0.2, 0.25) is 0 Å². The monoisotopic (exact) mass is 328 g/mol. The lowest BCUT2D eigenvalue weighted by atomic mass is 10.0. The maximum absolute atomic E-state index is 9.26. The lowest BCUT2D eigenvalue weighted by Gasteiger charge is -2.35. The maximum atomic E-state index is 9.26. The fraction of sp³-hybridized carbons (Fsp3) is 0.571. The van der Waals surface area contributed by atoms with Crippen LogP contribution in [0.15, 0.2) is 22.7 Å². The summed E-state index contributed by atoms with van der Waals surface area (Å²) < 4.78 is 6.59.